The number of nitrogens with zero attached hydrogens (tertiary/aromatic N) is 1. The Morgan fingerprint density at radius 3 is 2.34 bits per heavy atom. The summed E-state index contributed by atoms with van der Waals surface area (Å²) in [5.74, 6) is 0.447. The molecule has 0 saturated carbocycles. The average Bonchev–Trinajstić information content (AvgIpc) is 2.75. The Morgan fingerprint density at radius 1 is 1.00 bits per heavy atom. The Morgan fingerprint density at radius 2 is 1.69 bits per heavy atom. The van der Waals surface area contributed by atoms with Crippen molar-refractivity contribution in [3.8, 4) is 5.75 Å². The summed E-state index contributed by atoms with van der Waals surface area (Å²) in [4.78, 5) is 12.3. The molecule has 0 aromatic heterocycles. The maximum absolute atomic E-state index is 12.3. The number of hydrogen-bond acceptors (Lipinski definition) is 4. The SMILES string of the molecule is CO[C@H](C(=O)N/N=C\c1ccc(OCc2ccc(C)cc2)cc1)c1ccccc1. The molecule has 0 fully saturated rings. The Labute approximate surface area is 171 Å². The first-order valence-corrected chi connectivity index (χ1v) is 9.35. The van der Waals surface area contributed by atoms with Crippen LogP contribution in [0.3, 0.4) is 0 Å². The van der Waals surface area contributed by atoms with Crippen molar-refractivity contribution in [3.63, 3.8) is 0 Å². The highest BCUT2D eigenvalue weighted by Gasteiger charge is 2.18. The standard InChI is InChI=1S/C24H24N2O3/c1-18-8-10-20(11-9-18)17-29-22-14-12-19(13-15-22)16-25-26-24(27)23(28-2)21-6-4-3-5-7-21/h3-16,23H,17H2,1-2H3,(H,26,27)/b25-16-/t23-/m0/s1. The van der Waals surface area contributed by atoms with Crippen LogP contribution in [0.25, 0.3) is 0 Å². The number of hydrogen-bond donors (Lipinski definition) is 1. The fourth-order valence-corrected chi connectivity index (χ4v) is 2.75. The highest BCUT2D eigenvalue weighted by atomic mass is 16.5. The molecule has 0 unspecified atom stereocenters. The molecule has 0 bridgehead atoms. The van der Waals surface area contributed by atoms with Crippen LogP contribution >= 0.6 is 0 Å². The van der Waals surface area contributed by atoms with E-state index in [0.717, 1.165) is 22.4 Å². The summed E-state index contributed by atoms with van der Waals surface area (Å²) < 4.78 is 11.1. The summed E-state index contributed by atoms with van der Waals surface area (Å²) in [6, 6.07) is 25.1. The fourth-order valence-electron chi connectivity index (χ4n) is 2.75. The van der Waals surface area contributed by atoms with Crippen molar-refractivity contribution in [2.75, 3.05) is 7.11 Å². The van der Waals surface area contributed by atoms with Gasteiger partial charge in [-0.2, -0.15) is 5.10 Å². The normalized spacial score (nSPS) is 11.9. The van der Waals surface area contributed by atoms with E-state index in [2.05, 4.69) is 41.7 Å². The van der Waals surface area contributed by atoms with Crippen molar-refractivity contribution in [2.45, 2.75) is 19.6 Å². The molecule has 5 nitrogen and oxygen atoms in total. The molecule has 3 rings (SSSR count). The fraction of sp³-hybridized carbons (Fsp3) is 0.167. The monoisotopic (exact) mass is 388 g/mol. The summed E-state index contributed by atoms with van der Waals surface area (Å²) >= 11 is 0. The summed E-state index contributed by atoms with van der Waals surface area (Å²) in [6.45, 7) is 2.58. The van der Waals surface area contributed by atoms with Gasteiger partial charge < -0.3 is 9.47 Å². The van der Waals surface area contributed by atoms with Crippen LogP contribution in [0, 0.1) is 6.92 Å². The molecule has 1 N–H and O–H groups in total. The van der Waals surface area contributed by atoms with Crippen molar-refractivity contribution in [2.24, 2.45) is 5.10 Å². The average molecular weight is 388 g/mol. The van der Waals surface area contributed by atoms with Gasteiger partial charge in [0.25, 0.3) is 5.91 Å². The summed E-state index contributed by atoms with van der Waals surface area (Å²) in [5, 5.41) is 4.02. The Bertz CT molecular complexity index is 936. The first-order valence-electron chi connectivity index (χ1n) is 9.35. The van der Waals surface area contributed by atoms with E-state index >= 15 is 0 Å². The summed E-state index contributed by atoms with van der Waals surface area (Å²) in [7, 11) is 1.50. The first-order chi connectivity index (χ1) is 14.2. The molecule has 0 spiro atoms. The predicted octanol–water partition coefficient (Wildman–Crippen LogP) is 4.41. The van der Waals surface area contributed by atoms with Gasteiger partial charge in [0.1, 0.15) is 12.4 Å². The lowest BCUT2D eigenvalue weighted by Crippen LogP contribution is -2.26. The Kier molecular flexibility index (Phi) is 7.14. The number of ether oxygens (including phenoxy) is 2. The second kappa shape index (κ2) is 10.2. The van der Waals surface area contributed by atoms with Gasteiger partial charge in [0, 0.05) is 7.11 Å². The maximum Gasteiger partial charge on any atom is 0.273 e. The predicted molar refractivity (Wildman–Crippen MR) is 114 cm³/mol. The van der Waals surface area contributed by atoms with E-state index in [1.165, 1.54) is 12.7 Å². The second-order valence-electron chi connectivity index (χ2n) is 6.60. The molecule has 0 aliphatic rings. The molecule has 3 aromatic carbocycles. The van der Waals surface area contributed by atoms with E-state index in [1.54, 1.807) is 6.21 Å². The van der Waals surface area contributed by atoms with Crippen LogP contribution in [0.1, 0.15) is 28.4 Å². The van der Waals surface area contributed by atoms with Gasteiger partial charge in [-0.3, -0.25) is 4.79 Å². The molecule has 148 valence electrons. The number of aryl methyl sites for hydroxylation is 1. The second-order valence-corrected chi connectivity index (χ2v) is 6.60. The Balaban J connectivity index is 1.51. The van der Waals surface area contributed by atoms with Crippen molar-refractivity contribution < 1.29 is 14.3 Å². The number of carbonyl (C=O) groups excluding carboxylic acids is 1. The maximum atomic E-state index is 12.3. The van der Waals surface area contributed by atoms with E-state index in [-0.39, 0.29) is 5.91 Å². The number of rotatable bonds is 8. The van der Waals surface area contributed by atoms with Crippen molar-refractivity contribution >= 4 is 12.1 Å². The Hall–Kier alpha value is -3.44. The van der Waals surface area contributed by atoms with Gasteiger partial charge in [-0.1, -0.05) is 60.2 Å². The zero-order valence-electron chi connectivity index (χ0n) is 16.5. The zero-order valence-corrected chi connectivity index (χ0v) is 16.5. The number of amides is 1. The minimum atomic E-state index is -0.703. The number of benzene rings is 3. The summed E-state index contributed by atoms with van der Waals surface area (Å²) in [6.07, 6.45) is 0.880. The molecular weight excluding hydrogens is 364 g/mol. The van der Waals surface area contributed by atoms with Crippen LogP contribution in [0.5, 0.6) is 5.75 Å². The zero-order chi connectivity index (χ0) is 20.5. The van der Waals surface area contributed by atoms with Crippen molar-refractivity contribution in [3.05, 3.63) is 101 Å². The minimum absolute atomic E-state index is 0.326. The molecule has 29 heavy (non-hydrogen) atoms. The molecule has 0 radical (unpaired) electrons. The van der Waals surface area contributed by atoms with Gasteiger partial charge in [0.15, 0.2) is 6.10 Å². The molecule has 0 aliphatic carbocycles. The van der Waals surface area contributed by atoms with Crippen LogP contribution in [0.2, 0.25) is 0 Å². The molecular formula is C24H24N2O3. The van der Waals surface area contributed by atoms with Crippen molar-refractivity contribution in [1.82, 2.24) is 5.43 Å². The van der Waals surface area contributed by atoms with Gasteiger partial charge in [0.2, 0.25) is 0 Å². The van der Waals surface area contributed by atoms with Crippen molar-refractivity contribution in [1.29, 1.82) is 0 Å². The number of hydrazone groups is 1. The molecule has 0 heterocycles. The highest BCUT2D eigenvalue weighted by Crippen LogP contribution is 2.16. The highest BCUT2D eigenvalue weighted by molar-refractivity contribution is 5.85. The molecule has 0 aliphatic heterocycles. The van der Waals surface area contributed by atoms with Gasteiger partial charge in [0.05, 0.1) is 6.21 Å². The van der Waals surface area contributed by atoms with E-state index in [4.69, 9.17) is 9.47 Å². The van der Waals surface area contributed by atoms with Crippen LogP contribution in [0.4, 0.5) is 0 Å². The quantitative estimate of drug-likeness (QED) is 0.459. The van der Waals surface area contributed by atoms with E-state index < -0.39 is 6.10 Å². The lowest BCUT2D eigenvalue weighted by molar-refractivity contribution is -0.131. The van der Waals surface area contributed by atoms with Gasteiger partial charge in [-0.25, -0.2) is 5.43 Å². The number of methoxy groups -OCH3 is 1. The lowest BCUT2D eigenvalue weighted by atomic mass is 10.1. The van der Waals surface area contributed by atoms with Crippen LogP contribution in [0.15, 0.2) is 84.0 Å². The first kappa shape index (κ1) is 20.3. The summed E-state index contributed by atoms with van der Waals surface area (Å²) in [5.41, 5.74) is 6.49. The molecule has 3 aromatic rings. The molecule has 5 heteroatoms. The number of carbonyl (C=O) groups is 1. The van der Waals surface area contributed by atoms with Gasteiger partial charge >= 0.3 is 0 Å². The van der Waals surface area contributed by atoms with Gasteiger partial charge in [-0.15, -0.1) is 0 Å². The van der Waals surface area contributed by atoms with Crippen LogP contribution in [-0.4, -0.2) is 19.2 Å². The van der Waals surface area contributed by atoms with E-state index in [1.807, 2.05) is 54.6 Å². The minimum Gasteiger partial charge on any atom is -0.489 e. The third kappa shape index (κ3) is 6.02. The third-order valence-electron chi connectivity index (χ3n) is 4.37. The molecule has 0 saturated heterocycles. The smallest absolute Gasteiger partial charge is 0.273 e. The topological polar surface area (TPSA) is 59.9 Å². The van der Waals surface area contributed by atoms with Crippen LogP contribution < -0.4 is 10.2 Å². The third-order valence-corrected chi connectivity index (χ3v) is 4.37. The number of nitrogens with one attached hydrogen (secondary N) is 1. The van der Waals surface area contributed by atoms with Crippen LogP contribution in [-0.2, 0) is 16.1 Å². The van der Waals surface area contributed by atoms with Gasteiger partial charge in [-0.05, 0) is 47.9 Å². The van der Waals surface area contributed by atoms with E-state index in [9.17, 15) is 4.79 Å². The molecule has 1 amide bonds. The largest absolute Gasteiger partial charge is 0.489 e. The van der Waals surface area contributed by atoms with E-state index in [0.29, 0.717) is 6.61 Å². The lowest BCUT2D eigenvalue weighted by Gasteiger charge is -2.13. The molecule has 1 atom stereocenters.